The maximum Gasteiger partial charge on any atom is 0.279 e. The lowest BCUT2D eigenvalue weighted by Crippen LogP contribution is -2.13. The minimum absolute atomic E-state index is 0.117. The molecule has 10 heteroatoms. The number of hydrogen-bond donors (Lipinski definition) is 0. The van der Waals surface area contributed by atoms with Crippen molar-refractivity contribution in [3.63, 3.8) is 0 Å². The molecule has 0 atom stereocenters. The minimum atomic E-state index is -1.86. The van der Waals surface area contributed by atoms with Crippen molar-refractivity contribution in [2.24, 2.45) is 0 Å². The van der Waals surface area contributed by atoms with Gasteiger partial charge in [-0.2, -0.15) is 4.98 Å². The highest BCUT2D eigenvalue weighted by molar-refractivity contribution is 6.74. The average Bonchev–Trinajstić information content (AvgIpc) is 2.87. The van der Waals surface area contributed by atoms with Crippen molar-refractivity contribution in [1.29, 1.82) is 0 Å². The topological polar surface area (TPSA) is 73.1 Å². The van der Waals surface area contributed by atoms with Crippen LogP contribution in [0.2, 0.25) is 0 Å². The van der Waals surface area contributed by atoms with E-state index in [0.29, 0.717) is 5.56 Å². The Morgan fingerprint density at radius 1 is 1.14 bits per heavy atom. The normalized spacial score (nSPS) is 11.7. The van der Waals surface area contributed by atoms with Crippen molar-refractivity contribution >= 4 is 68.5 Å². The van der Waals surface area contributed by atoms with E-state index in [1.54, 1.807) is 12.1 Å². The van der Waals surface area contributed by atoms with Crippen molar-refractivity contribution in [3.8, 4) is 11.4 Å². The third-order valence-electron chi connectivity index (χ3n) is 2.60. The largest absolute Gasteiger partial charge is 0.334 e. The van der Waals surface area contributed by atoms with E-state index >= 15 is 0 Å². The van der Waals surface area contributed by atoms with E-state index in [0.717, 1.165) is 0 Å². The molecule has 0 aliphatic rings. The molecular formula is C12H5Cl5N2O3. The smallest absolute Gasteiger partial charge is 0.279 e. The maximum absolute atomic E-state index is 11.3. The van der Waals surface area contributed by atoms with Gasteiger partial charge < -0.3 is 4.52 Å². The van der Waals surface area contributed by atoms with E-state index in [1.165, 1.54) is 12.1 Å². The number of carbonyl (C=O) groups excluding carboxylic acids is 2. The summed E-state index contributed by atoms with van der Waals surface area (Å²) in [7, 11) is 0. The molecule has 5 nitrogen and oxygen atoms in total. The Balaban J connectivity index is 2.42. The first-order chi connectivity index (χ1) is 10.2. The Kier molecular flexibility index (Phi) is 5.35. The predicted molar refractivity (Wildman–Crippen MR) is 83.4 cm³/mol. The average molecular weight is 402 g/mol. The minimum Gasteiger partial charge on any atom is -0.334 e. The zero-order valence-electron chi connectivity index (χ0n) is 10.4. The van der Waals surface area contributed by atoms with Crippen LogP contribution in [0, 0.1) is 0 Å². The number of benzene rings is 1. The van der Waals surface area contributed by atoms with E-state index in [9.17, 15) is 9.59 Å². The van der Waals surface area contributed by atoms with Crippen LogP contribution >= 0.6 is 58.0 Å². The van der Waals surface area contributed by atoms with Crippen LogP contribution in [0.5, 0.6) is 0 Å². The predicted octanol–water partition coefficient (Wildman–Crippen LogP) is 4.18. The molecule has 2 aromatic rings. The maximum atomic E-state index is 11.3. The number of alkyl halides is 3. The van der Waals surface area contributed by atoms with Gasteiger partial charge in [0.15, 0.2) is 0 Å². The molecule has 22 heavy (non-hydrogen) atoms. The number of carbonyl (C=O) groups is 2. The highest BCUT2D eigenvalue weighted by atomic mass is 35.6. The fourth-order valence-corrected chi connectivity index (χ4v) is 2.40. The third-order valence-corrected chi connectivity index (χ3v) is 3.52. The molecule has 2 rings (SSSR count). The Morgan fingerprint density at radius 2 is 1.77 bits per heavy atom. The van der Waals surface area contributed by atoms with Crippen LogP contribution < -0.4 is 0 Å². The summed E-state index contributed by atoms with van der Waals surface area (Å²) in [4.78, 5) is 26.6. The Hall–Kier alpha value is -0.850. The second kappa shape index (κ2) is 6.72. The zero-order chi connectivity index (χ0) is 16.5. The lowest BCUT2D eigenvalue weighted by molar-refractivity contribution is -0.120. The highest BCUT2D eigenvalue weighted by Crippen LogP contribution is 2.37. The number of rotatable bonds is 4. The summed E-state index contributed by atoms with van der Waals surface area (Å²) in [6.45, 7) is 0. The summed E-state index contributed by atoms with van der Waals surface area (Å²) < 4.78 is 2.98. The molecule has 0 aliphatic carbocycles. The molecule has 0 bridgehead atoms. The van der Waals surface area contributed by atoms with E-state index in [4.69, 9.17) is 62.5 Å². The van der Waals surface area contributed by atoms with Crippen molar-refractivity contribution in [3.05, 3.63) is 35.7 Å². The van der Waals surface area contributed by atoms with Crippen molar-refractivity contribution in [2.45, 2.75) is 9.71 Å². The van der Waals surface area contributed by atoms with Gasteiger partial charge in [-0.05, 0) is 34.8 Å². The molecule has 116 valence electrons. The summed E-state index contributed by atoms with van der Waals surface area (Å²) in [5.74, 6) is -1.38. The first-order valence-corrected chi connectivity index (χ1v) is 7.49. The molecule has 1 aromatic heterocycles. The molecule has 0 saturated heterocycles. The highest BCUT2D eigenvalue weighted by Gasteiger charge is 2.31. The number of hydrogen-bond acceptors (Lipinski definition) is 5. The Morgan fingerprint density at radius 3 is 2.27 bits per heavy atom. The molecule has 0 fully saturated rings. The fourth-order valence-electron chi connectivity index (χ4n) is 1.66. The van der Waals surface area contributed by atoms with E-state index in [1.807, 2.05) is 0 Å². The van der Waals surface area contributed by atoms with Gasteiger partial charge in [-0.15, -0.1) is 0 Å². The van der Waals surface area contributed by atoms with E-state index in [-0.39, 0.29) is 17.3 Å². The summed E-state index contributed by atoms with van der Waals surface area (Å²) in [5, 5.41) is 1.88. The van der Waals surface area contributed by atoms with Crippen LogP contribution in [0.3, 0.4) is 0 Å². The second-order valence-corrected chi connectivity index (χ2v) is 7.11. The molecular weight excluding hydrogens is 397 g/mol. The SMILES string of the molecule is O=C(Cl)C(C(=O)Cl)c1cccc(-c2noc(C(Cl)(Cl)Cl)n2)c1. The quantitative estimate of drug-likeness (QED) is 0.436. The Bertz CT molecular complexity index is 712. The van der Waals surface area contributed by atoms with Crippen molar-refractivity contribution < 1.29 is 14.1 Å². The van der Waals surface area contributed by atoms with Gasteiger partial charge in [-0.1, -0.05) is 58.2 Å². The van der Waals surface area contributed by atoms with Crippen LogP contribution in [0.25, 0.3) is 11.4 Å². The Labute approximate surface area is 149 Å². The van der Waals surface area contributed by atoms with E-state index < -0.39 is 20.2 Å². The van der Waals surface area contributed by atoms with E-state index in [2.05, 4.69) is 10.1 Å². The van der Waals surface area contributed by atoms with Gasteiger partial charge in [0.1, 0.15) is 5.92 Å². The van der Waals surface area contributed by atoms with Crippen LogP contribution in [0.1, 0.15) is 17.4 Å². The standard InChI is InChI=1S/C12H5Cl5N2O3/c13-8(20)7(9(14)21)5-2-1-3-6(4-5)10-18-11(22-19-10)12(15,16)17/h1-4,7H. The molecule has 0 radical (unpaired) electrons. The number of aromatic nitrogens is 2. The lowest BCUT2D eigenvalue weighted by Gasteiger charge is -2.08. The summed E-state index contributed by atoms with van der Waals surface area (Å²) >= 11 is 27.7. The summed E-state index contributed by atoms with van der Waals surface area (Å²) in [6.07, 6.45) is 0. The lowest BCUT2D eigenvalue weighted by atomic mass is 9.99. The summed E-state index contributed by atoms with van der Waals surface area (Å²) in [5.41, 5.74) is 0.723. The summed E-state index contributed by atoms with van der Waals surface area (Å²) in [6, 6.07) is 6.18. The van der Waals surface area contributed by atoms with Gasteiger partial charge in [-0.25, -0.2) is 0 Å². The van der Waals surface area contributed by atoms with Crippen LogP contribution in [-0.2, 0) is 13.4 Å². The zero-order valence-corrected chi connectivity index (χ0v) is 14.2. The monoisotopic (exact) mass is 400 g/mol. The molecule has 0 N–H and O–H groups in total. The van der Waals surface area contributed by atoms with Crippen LogP contribution in [-0.4, -0.2) is 20.6 Å². The van der Waals surface area contributed by atoms with Crippen molar-refractivity contribution in [2.75, 3.05) is 0 Å². The van der Waals surface area contributed by atoms with Gasteiger partial charge in [0.2, 0.25) is 16.3 Å². The molecule has 0 spiro atoms. The van der Waals surface area contributed by atoms with Gasteiger partial charge in [0.05, 0.1) is 0 Å². The van der Waals surface area contributed by atoms with Gasteiger partial charge >= 0.3 is 0 Å². The number of halogens is 5. The molecule has 0 unspecified atom stereocenters. The molecule has 1 aromatic carbocycles. The van der Waals surface area contributed by atoms with Gasteiger partial charge in [0, 0.05) is 5.56 Å². The first kappa shape index (κ1) is 17.5. The fraction of sp³-hybridized carbons (Fsp3) is 0.167. The van der Waals surface area contributed by atoms with Crippen molar-refractivity contribution in [1.82, 2.24) is 10.1 Å². The molecule has 1 heterocycles. The third kappa shape index (κ3) is 3.91. The molecule has 0 aliphatic heterocycles. The van der Waals surface area contributed by atoms with Crippen LogP contribution in [0.4, 0.5) is 0 Å². The van der Waals surface area contributed by atoms with Gasteiger partial charge in [0.25, 0.3) is 9.68 Å². The second-order valence-electron chi connectivity index (χ2n) is 4.09. The molecule has 0 amide bonds. The molecule has 0 saturated carbocycles. The van der Waals surface area contributed by atoms with Crippen LogP contribution in [0.15, 0.2) is 28.8 Å². The number of nitrogens with zero attached hydrogens (tertiary/aromatic N) is 2. The first-order valence-electron chi connectivity index (χ1n) is 5.60. The van der Waals surface area contributed by atoms with Gasteiger partial charge in [-0.3, -0.25) is 9.59 Å².